The summed E-state index contributed by atoms with van der Waals surface area (Å²) in [5.41, 5.74) is 2.95. The molecule has 0 amide bonds. The zero-order chi connectivity index (χ0) is 30.6. The van der Waals surface area contributed by atoms with Crippen LogP contribution in [0.15, 0.2) is 11.1 Å². The molecule has 6 rings (SSSR count). The van der Waals surface area contributed by atoms with Crippen molar-refractivity contribution in [1.29, 1.82) is 0 Å². The highest BCUT2D eigenvalue weighted by molar-refractivity contribution is 5.91. The molecule has 2 heterocycles. The van der Waals surface area contributed by atoms with E-state index in [1.54, 1.807) is 11.1 Å². The van der Waals surface area contributed by atoms with E-state index in [9.17, 15) is 14.4 Å². The standard InChI is InChI=1S/C35H52O7/c1-19-18-35(21(3)20(2)30(38)42-35)41-27-16-24-23(33(7)15-12-22(19)34(27,33)8)10-11-25-31(4,5)26(13-14-32(24,25)6)40-29(37)17-28(36)39-9/h19-22,25-27H,10-18H2,1-9H3. The minimum absolute atomic E-state index is 0.0141. The first-order valence-electron chi connectivity index (χ1n) is 16.4. The van der Waals surface area contributed by atoms with Crippen molar-refractivity contribution in [3.05, 3.63) is 11.1 Å². The number of carbonyl (C=O) groups excluding carboxylic acids is 3. The van der Waals surface area contributed by atoms with Gasteiger partial charge in [0.1, 0.15) is 12.5 Å². The first kappa shape index (κ1) is 30.1. The van der Waals surface area contributed by atoms with E-state index in [1.165, 1.54) is 20.0 Å². The number of allylic oxidation sites excluding steroid dienone is 1. The molecule has 11 unspecified atom stereocenters. The van der Waals surface area contributed by atoms with Crippen LogP contribution in [-0.4, -0.2) is 43.0 Å². The highest BCUT2D eigenvalue weighted by Crippen LogP contribution is 2.74. The Balaban J connectivity index is 1.37. The Bertz CT molecular complexity index is 1220. The van der Waals surface area contributed by atoms with E-state index in [-0.39, 0.29) is 58.1 Å². The molecule has 6 aliphatic rings. The topological polar surface area (TPSA) is 88.1 Å². The molecular weight excluding hydrogens is 532 g/mol. The fourth-order valence-electron chi connectivity index (χ4n) is 11.5. The summed E-state index contributed by atoms with van der Waals surface area (Å²) < 4.78 is 24.2. The Morgan fingerprint density at radius 3 is 2.31 bits per heavy atom. The van der Waals surface area contributed by atoms with Gasteiger partial charge in [0.25, 0.3) is 0 Å². The number of esters is 3. The molecule has 4 aliphatic carbocycles. The Morgan fingerprint density at radius 1 is 0.952 bits per heavy atom. The molecule has 0 bridgehead atoms. The Kier molecular flexibility index (Phi) is 6.86. The number of carbonyl (C=O) groups is 3. The lowest BCUT2D eigenvalue weighted by atomic mass is 9.42. The number of hydrogen-bond acceptors (Lipinski definition) is 7. The lowest BCUT2D eigenvalue weighted by Crippen LogP contribution is -2.59. The molecule has 0 aromatic rings. The molecule has 0 N–H and O–H groups in total. The third kappa shape index (κ3) is 3.83. The molecule has 0 aromatic heterocycles. The van der Waals surface area contributed by atoms with Gasteiger partial charge in [-0.05, 0) is 73.5 Å². The lowest BCUT2D eigenvalue weighted by molar-refractivity contribution is -0.269. The van der Waals surface area contributed by atoms with Crippen molar-refractivity contribution in [2.45, 2.75) is 131 Å². The van der Waals surface area contributed by atoms with Crippen molar-refractivity contribution in [3.63, 3.8) is 0 Å². The maximum Gasteiger partial charge on any atom is 0.317 e. The number of methoxy groups -OCH3 is 1. The molecule has 11 atom stereocenters. The SMILES string of the molecule is COC(=O)CC(=O)OC1CCC2(C)C3=C(CCC2C1(C)C)C1(C)CCC2C(C)CC4(OC(=O)C(C)C4C)OC(C3)C21C. The van der Waals surface area contributed by atoms with E-state index >= 15 is 0 Å². The van der Waals surface area contributed by atoms with Gasteiger partial charge in [0, 0.05) is 23.2 Å². The molecule has 1 spiro atoms. The van der Waals surface area contributed by atoms with Gasteiger partial charge in [-0.25, -0.2) is 0 Å². The van der Waals surface area contributed by atoms with Crippen molar-refractivity contribution in [2.75, 3.05) is 7.11 Å². The summed E-state index contributed by atoms with van der Waals surface area (Å²) in [6, 6.07) is 0. The average molecular weight is 585 g/mol. The van der Waals surface area contributed by atoms with Crippen LogP contribution in [0.2, 0.25) is 0 Å². The van der Waals surface area contributed by atoms with Gasteiger partial charge in [0.2, 0.25) is 5.79 Å². The van der Waals surface area contributed by atoms with Gasteiger partial charge in [-0.2, -0.15) is 0 Å². The molecular formula is C35H52O7. The first-order chi connectivity index (χ1) is 19.5. The molecule has 0 radical (unpaired) electrons. The summed E-state index contributed by atoms with van der Waals surface area (Å²) >= 11 is 0. The van der Waals surface area contributed by atoms with Crippen LogP contribution >= 0.6 is 0 Å². The van der Waals surface area contributed by atoms with Gasteiger partial charge in [0.05, 0.1) is 19.1 Å². The van der Waals surface area contributed by atoms with Gasteiger partial charge < -0.3 is 18.9 Å². The molecule has 4 fully saturated rings. The van der Waals surface area contributed by atoms with Crippen LogP contribution in [0.4, 0.5) is 0 Å². The van der Waals surface area contributed by atoms with Gasteiger partial charge in [-0.1, -0.05) is 66.5 Å². The molecule has 42 heavy (non-hydrogen) atoms. The molecule has 0 aromatic carbocycles. The summed E-state index contributed by atoms with van der Waals surface area (Å²) in [4.78, 5) is 37.2. The van der Waals surface area contributed by atoms with Crippen molar-refractivity contribution in [2.24, 2.45) is 51.2 Å². The van der Waals surface area contributed by atoms with Crippen molar-refractivity contribution >= 4 is 17.9 Å². The summed E-state index contributed by atoms with van der Waals surface area (Å²) in [6.07, 6.45) is 7.23. The highest BCUT2D eigenvalue weighted by atomic mass is 16.7. The van der Waals surface area contributed by atoms with Crippen molar-refractivity contribution in [1.82, 2.24) is 0 Å². The average Bonchev–Trinajstić information content (AvgIpc) is 3.28. The Labute approximate surface area is 251 Å². The van der Waals surface area contributed by atoms with Crippen LogP contribution in [-0.2, 0) is 33.3 Å². The summed E-state index contributed by atoms with van der Waals surface area (Å²) in [5.74, 6) is -0.934. The molecule has 7 heteroatoms. The van der Waals surface area contributed by atoms with Crippen molar-refractivity contribution < 1.29 is 33.3 Å². The Morgan fingerprint density at radius 2 is 1.67 bits per heavy atom. The van der Waals surface area contributed by atoms with E-state index in [4.69, 9.17) is 18.9 Å². The van der Waals surface area contributed by atoms with Crippen molar-refractivity contribution in [3.8, 4) is 0 Å². The van der Waals surface area contributed by atoms with Crippen LogP contribution in [0.25, 0.3) is 0 Å². The van der Waals surface area contributed by atoms with Gasteiger partial charge in [0.15, 0.2) is 0 Å². The quantitative estimate of drug-likeness (QED) is 0.157. The summed E-state index contributed by atoms with van der Waals surface area (Å²) in [6.45, 7) is 18.5. The first-order valence-corrected chi connectivity index (χ1v) is 16.4. The predicted octanol–water partition coefficient (Wildman–Crippen LogP) is 6.77. The van der Waals surface area contributed by atoms with Crippen LogP contribution < -0.4 is 0 Å². The second kappa shape index (κ2) is 9.55. The number of ether oxygens (including phenoxy) is 4. The van der Waals surface area contributed by atoms with E-state index in [2.05, 4.69) is 48.5 Å². The summed E-state index contributed by atoms with van der Waals surface area (Å²) in [7, 11) is 1.29. The van der Waals surface area contributed by atoms with Crippen LogP contribution in [0, 0.1) is 51.2 Å². The second-order valence-electron chi connectivity index (χ2n) is 16.1. The fourth-order valence-corrected chi connectivity index (χ4v) is 11.5. The number of fused-ring (bicyclic) bond motifs is 3. The lowest BCUT2D eigenvalue weighted by Gasteiger charge is -2.63. The molecule has 2 saturated carbocycles. The smallest absolute Gasteiger partial charge is 0.317 e. The zero-order valence-corrected chi connectivity index (χ0v) is 27.3. The minimum atomic E-state index is -0.855. The fraction of sp³-hybridized carbons (Fsp3) is 0.857. The van der Waals surface area contributed by atoms with Gasteiger partial charge >= 0.3 is 17.9 Å². The predicted molar refractivity (Wildman–Crippen MR) is 157 cm³/mol. The molecule has 234 valence electrons. The molecule has 7 nitrogen and oxygen atoms in total. The maximum absolute atomic E-state index is 12.9. The van der Waals surface area contributed by atoms with E-state index in [0.29, 0.717) is 17.8 Å². The number of hydrogen-bond donors (Lipinski definition) is 0. The Hall–Kier alpha value is -1.89. The van der Waals surface area contributed by atoms with E-state index in [1.807, 2.05) is 6.92 Å². The van der Waals surface area contributed by atoms with Crippen LogP contribution in [0.3, 0.4) is 0 Å². The van der Waals surface area contributed by atoms with Gasteiger partial charge in [-0.15, -0.1) is 0 Å². The van der Waals surface area contributed by atoms with E-state index < -0.39 is 17.7 Å². The largest absolute Gasteiger partial charge is 0.469 e. The molecule has 2 saturated heterocycles. The normalized spacial score (nSPS) is 49.0. The third-order valence-electron chi connectivity index (χ3n) is 14.3. The van der Waals surface area contributed by atoms with Crippen LogP contribution in [0.5, 0.6) is 0 Å². The maximum atomic E-state index is 12.9. The minimum Gasteiger partial charge on any atom is -0.469 e. The van der Waals surface area contributed by atoms with Gasteiger partial charge in [-0.3, -0.25) is 14.4 Å². The number of rotatable bonds is 3. The summed E-state index contributed by atoms with van der Waals surface area (Å²) in [5, 5.41) is 0. The second-order valence-corrected chi connectivity index (χ2v) is 16.1. The van der Waals surface area contributed by atoms with Crippen LogP contribution in [0.1, 0.15) is 113 Å². The van der Waals surface area contributed by atoms with E-state index in [0.717, 1.165) is 38.5 Å². The highest BCUT2D eigenvalue weighted by Gasteiger charge is 2.70. The third-order valence-corrected chi connectivity index (χ3v) is 14.3. The molecule has 2 aliphatic heterocycles. The monoisotopic (exact) mass is 584 g/mol. The zero-order valence-electron chi connectivity index (χ0n) is 27.3.